The third-order valence-corrected chi connectivity index (χ3v) is 5.01. The largest absolute Gasteiger partial charge is 0.465 e. The van der Waals surface area contributed by atoms with E-state index in [9.17, 15) is 4.79 Å². The first-order valence-corrected chi connectivity index (χ1v) is 7.50. The number of ether oxygens (including phenoxy) is 1. The summed E-state index contributed by atoms with van der Waals surface area (Å²) in [5, 5.41) is 0.743. The van der Waals surface area contributed by atoms with Gasteiger partial charge < -0.3 is 4.74 Å². The first-order valence-electron chi connectivity index (χ1n) is 7.12. The van der Waals surface area contributed by atoms with Crippen molar-refractivity contribution in [1.29, 1.82) is 0 Å². The molecule has 3 rings (SSSR count). The van der Waals surface area contributed by atoms with Crippen molar-refractivity contribution in [2.24, 2.45) is 5.92 Å². The molecule has 0 spiro atoms. The SMILES string of the molecule is O=C1C[C@](c2ccc(Cl)cc2)(C2CCCCC2)CO1. The Morgan fingerprint density at radius 2 is 1.79 bits per heavy atom. The molecule has 19 heavy (non-hydrogen) atoms. The summed E-state index contributed by atoms with van der Waals surface area (Å²) >= 11 is 5.98. The number of hydrogen-bond donors (Lipinski definition) is 0. The highest BCUT2D eigenvalue weighted by atomic mass is 35.5. The molecule has 102 valence electrons. The summed E-state index contributed by atoms with van der Waals surface area (Å²) in [7, 11) is 0. The summed E-state index contributed by atoms with van der Waals surface area (Å²) in [4.78, 5) is 11.7. The number of esters is 1. The Kier molecular flexibility index (Phi) is 3.53. The second-order valence-electron chi connectivity index (χ2n) is 5.84. The Balaban J connectivity index is 1.96. The number of carbonyl (C=O) groups excluding carboxylic acids is 1. The summed E-state index contributed by atoms with van der Waals surface area (Å²) < 4.78 is 5.33. The number of cyclic esters (lactones) is 1. The van der Waals surface area contributed by atoms with Crippen LogP contribution in [0.4, 0.5) is 0 Å². The van der Waals surface area contributed by atoms with Gasteiger partial charge in [-0.1, -0.05) is 43.0 Å². The van der Waals surface area contributed by atoms with Crippen LogP contribution in [-0.2, 0) is 14.9 Å². The fourth-order valence-corrected chi connectivity index (χ4v) is 3.82. The molecular weight excluding hydrogens is 260 g/mol. The molecule has 3 heteroatoms. The maximum Gasteiger partial charge on any atom is 0.306 e. The van der Waals surface area contributed by atoms with Crippen molar-refractivity contribution < 1.29 is 9.53 Å². The van der Waals surface area contributed by atoms with Crippen LogP contribution in [0.25, 0.3) is 0 Å². The Morgan fingerprint density at radius 1 is 1.11 bits per heavy atom. The maximum absolute atomic E-state index is 11.7. The van der Waals surface area contributed by atoms with Crippen molar-refractivity contribution in [3.05, 3.63) is 34.9 Å². The Morgan fingerprint density at radius 3 is 2.37 bits per heavy atom. The normalized spacial score (nSPS) is 28.4. The van der Waals surface area contributed by atoms with E-state index < -0.39 is 0 Å². The van der Waals surface area contributed by atoms with Gasteiger partial charge >= 0.3 is 5.97 Å². The maximum atomic E-state index is 11.7. The minimum Gasteiger partial charge on any atom is -0.465 e. The van der Waals surface area contributed by atoms with E-state index in [0.29, 0.717) is 18.9 Å². The summed E-state index contributed by atoms with van der Waals surface area (Å²) in [6.07, 6.45) is 6.81. The molecule has 0 unspecified atom stereocenters. The van der Waals surface area contributed by atoms with Gasteiger partial charge in [0.2, 0.25) is 0 Å². The van der Waals surface area contributed by atoms with Gasteiger partial charge in [-0.15, -0.1) is 0 Å². The zero-order chi connectivity index (χ0) is 13.3. The van der Waals surface area contributed by atoms with E-state index in [1.165, 1.54) is 37.7 Å². The van der Waals surface area contributed by atoms with Crippen molar-refractivity contribution in [3.63, 3.8) is 0 Å². The Hall–Kier alpha value is -1.02. The number of carbonyl (C=O) groups is 1. The third kappa shape index (κ3) is 2.38. The van der Waals surface area contributed by atoms with Crippen molar-refractivity contribution in [2.75, 3.05) is 6.61 Å². The highest BCUT2D eigenvalue weighted by molar-refractivity contribution is 6.30. The molecule has 0 amide bonds. The lowest BCUT2D eigenvalue weighted by Crippen LogP contribution is -2.37. The average Bonchev–Trinajstić information content (AvgIpc) is 2.84. The highest BCUT2D eigenvalue weighted by Crippen LogP contribution is 2.46. The second kappa shape index (κ2) is 5.16. The van der Waals surface area contributed by atoms with Gasteiger partial charge in [0.15, 0.2) is 0 Å². The molecule has 1 heterocycles. The minimum atomic E-state index is -0.109. The van der Waals surface area contributed by atoms with Crippen LogP contribution in [0.15, 0.2) is 24.3 Å². The summed E-state index contributed by atoms with van der Waals surface area (Å²) in [6, 6.07) is 7.98. The molecule has 0 aromatic heterocycles. The molecule has 2 aliphatic rings. The van der Waals surface area contributed by atoms with Gasteiger partial charge in [-0.2, -0.15) is 0 Å². The molecule has 1 saturated heterocycles. The fraction of sp³-hybridized carbons (Fsp3) is 0.562. The Labute approximate surface area is 119 Å². The van der Waals surface area contributed by atoms with E-state index >= 15 is 0 Å². The van der Waals surface area contributed by atoms with Crippen molar-refractivity contribution >= 4 is 17.6 Å². The molecule has 0 bridgehead atoms. The van der Waals surface area contributed by atoms with Crippen LogP contribution >= 0.6 is 11.6 Å². The molecule has 1 saturated carbocycles. The van der Waals surface area contributed by atoms with E-state index in [1.54, 1.807) is 0 Å². The van der Waals surface area contributed by atoms with E-state index in [1.807, 2.05) is 12.1 Å². The number of rotatable bonds is 2. The van der Waals surface area contributed by atoms with Crippen LogP contribution in [-0.4, -0.2) is 12.6 Å². The molecule has 2 nitrogen and oxygen atoms in total. The molecule has 1 aliphatic carbocycles. The van der Waals surface area contributed by atoms with Crippen LogP contribution in [0.2, 0.25) is 5.02 Å². The first-order chi connectivity index (χ1) is 9.21. The number of halogens is 1. The van der Waals surface area contributed by atoms with Crippen molar-refractivity contribution in [1.82, 2.24) is 0 Å². The quantitative estimate of drug-likeness (QED) is 0.761. The first kappa shape index (κ1) is 13.0. The molecule has 1 atom stereocenters. The lowest BCUT2D eigenvalue weighted by molar-refractivity contribution is -0.137. The van der Waals surface area contributed by atoms with Crippen molar-refractivity contribution in [2.45, 2.75) is 43.9 Å². The molecule has 1 aliphatic heterocycles. The van der Waals surface area contributed by atoms with Crippen LogP contribution in [0.1, 0.15) is 44.1 Å². The molecular formula is C16H19ClO2. The van der Waals surface area contributed by atoms with E-state index in [-0.39, 0.29) is 11.4 Å². The van der Waals surface area contributed by atoms with Gasteiger partial charge in [0, 0.05) is 10.4 Å². The third-order valence-electron chi connectivity index (χ3n) is 4.76. The van der Waals surface area contributed by atoms with Gasteiger partial charge in [-0.05, 0) is 36.5 Å². The topological polar surface area (TPSA) is 26.3 Å². The van der Waals surface area contributed by atoms with E-state index in [0.717, 1.165) is 5.02 Å². The van der Waals surface area contributed by atoms with Gasteiger partial charge in [0.05, 0.1) is 6.42 Å². The standard InChI is InChI=1S/C16H19ClO2/c17-14-8-6-13(7-9-14)16(10-15(18)19-11-16)12-4-2-1-3-5-12/h6-9,12H,1-5,10-11H2/t16-/m1/s1. The zero-order valence-corrected chi connectivity index (χ0v) is 11.8. The smallest absolute Gasteiger partial charge is 0.306 e. The Bertz CT molecular complexity index is 462. The predicted octanol–water partition coefficient (Wildman–Crippen LogP) is 4.11. The lowest BCUT2D eigenvalue weighted by Gasteiger charge is -2.38. The number of hydrogen-bond acceptors (Lipinski definition) is 2. The summed E-state index contributed by atoms with van der Waals surface area (Å²) in [5.41, 5.74) is 1.11. The average molecular weight is 279 g/mol. The molecule has 0 N–H and O–H groups in total. The highest BCUT2D eigenvalue weighted by Gasteiger charge is 2.47. The van der Waals surface area contributed by atoms with Crippen molar-refractivity contribution in [3.8, 4) is 0 Å². The number of benzene rings is 1. The van der Waals surface area contributed by atoms with Crippen LogP contribution in [0, 0.1) is 5.92 Å². The van der Waals surface area contributed by atoms with Crippen LogP contribution < -0.4 is 0 Å². The van der Waals surface area contributed by atoms with Gasteiger partial charge in [0.1, 0.15) is 6.61 Å². The minimum absolute atomic E-state index is 0.0551. The van der Waals surface area contributed by atoms with E-state index in [2.05, 4.69) is 12.1 Å². The van der Waals surface area contributed by atoms with E-state index in [4.69, 9.17) is 16.3 Å². The monoisotopic (exact) mass is 278 g/mol. The molecule has 0 radical (unpaired) electrons. The summed E-state index contributed by atoms with van der Waals surface area (Å²) in [6.45, 7) is 0.540. The molecule has 2 fully saturated rings. The van der Waals surface area contributed by atoms with Crippen LogP contribution in [0.3, 0.4) is 0 Å². The molecule has 1 aromatic rings. The van der Waals surface area contributed by atoms with Crippen LogP contribution in [0.5, 0.6) is 0 Å². The predicted molar refractivity (Wildman–Crippen MR) is 75.3 cm³/mol. The zero-order valence-electron chi connectivity index (χ0n) is 11.0. The fourth-order valence-electron chi connectivity index (χ4n) is 3.69. The molecule has 1 aromatic carbocycles. The van der Waals surface area contributed by atoms with Gasteiger partial charge in [0.25, 0.3) is 0 Å². The van der Waals surface area contributed by atoms with Gasteiger partial charge in [-0.25, -0.2) is 0 Å². The van der Waals surface area contributed by atoms with Gasteiger partial charge in [-0.3, -0.25) is 4.79 Å². The lowest BCUT2D eigenvalue weighted by atomic mass is 9.64. The second-order valence-corrected chi connectivity index (χ2v) is 6.27. The summed E-state index contributed by atoms with van der Waals surface area (Å²) in [5.74, 6) is 0.509.